The van der Waals surface area contributed by atoms with Crippen molar-refractivity contribution in [2.75, 3.05) is 32.8 Å². The van der Waals surface area contributed by atoms with Gasteiger partial charge in [-0.1, -0.05) is 0 Å². The highest BCUT2D eigenvalue weighted by Crippen LogP contribution is 1.95. The van der Waals surface area contributed by atoms with E-state index in [1.165, 1.54) is 0 Å². The summed E-state index contributed by atoms with van der Waals surface area (Å²) in [4.78, 5) is 17.5. The van der Waals surface area contributed by atoms with Gasteiger partial charge in [-0.3, -0.25) is 14.7 Å². The van der Waals surface area contributed by atoms with Gasteiger partial charge in [0.2, 0.25) is 0 Å². The molecule has 0 radical (unpaired) electrons. The lowest BCUT2D eigenvalue weighted by molar-refractivity contribution is -0.123. The largest absolute Gasteiger partial charge is 0.379 e. The molecule has 1 aliphatic rings. The Morgan fingerprint density at radius 2 is 2.17 bits per heavy atom. The summed E-state index contributed by atoms with van der Waals surface area (Å²) in [7, 11) is 0. The predicted octanol–water partition coefficient (Wildman–Crippen LogP) is -0.136. The molecule has 2 heterocycles. The van der Waals surface area contributed by atoms with Crippen LogP contribution in [0.2, 0.25) is 0 Å². The molecule has 0 aliphatic carbocycles. The molecule has 18 heavy (non-hydrogen) atoms. The van der Waals surface area contributed by atoms with Crippen molar-refractivity contribution in [1.82, 2.24) is 15.3 Å². The molecule has 2 rings (SSSR count). The highest BCUT2D eigenvalue weighted by molar-refractivity contribution is 5.82. The maximum Gasteiger partial charge on any atom is 0.254 e. The topological polar surface area (TPSA) is 66.8 Å². The van der Waals surface area contributed by atoms with Crippen LogP contribution in [0.1, 0.15) is 5.56 Å². The van der Waals surface area contributed by atoms with Crippen LogP contribution in [-0.2, 0) is 9.53 Å². The molecular formula is C12H16N4O2. The molecule has 1 fully saturated rings. The van der Waals surface area contributed by atoms with Crippen LogP contribution >= 0.6 is 0 Å². The summed E-state index contributed by atoms with van der Waals surface area (Å²) in [6.07, 6.45) is 4.95. The summed E-state index contributed by atoms with van der Waals surface area (Å²) in [6.45, 7) is 3.32. The molecule has 1 amide bonds. The van der Waals surface area contributed by atoms with Crippen LogP contribution in [-0.4, -0.2) is 54.9 Å². The number of ether oxygens (including phenoxy) is 1. The van der Waals surface area contributed by atoms with Crippen molar-refractivity contribution in [2.45, 2.75) is 0 Å². The van der Waals surface area contributed by atoms with Gasteiger partial charge >= 0.3 is 0 Å². The first-order valence-corrected chi connectivity index (χ1v) is 5.86. The highest BCUT2D eigenvalue weighted by atomic mass is 16.5. The number of nitrogens with zero attached hydrogens (tertiary/aromatic N) is 3. The summed E-state index contributed by atoms with van der Waals surface area (Å²) >= 11 is 0. The van der Waals surface area contributed by atoms with Gasteiger partial charge in [-0.25, -0.2) is 5.43 Å². The van der Waals surface area contributed by atoms with Gasteiger partial charge in [0, 0.05) is 25.5 Å². The smallest absolute Gasteiger partial charge is 0.254 e. The van der Waals surface area contributed by atoms with E-state index >= 15 is 0 Å². The first-order chi connectivity index (χ1) is 8.84. The minimum Gasteiger partial charge on any atom is -0.379 e. The van der Waals surface area contributed by atoms with Gasteiger partial charge < -0.3 is 4.74 Å². The minimum absolute atomic E-state index is 0.109. The van der Waals surface area contributed by atoms with E-state index in [1.54, 1.807) is 18.6 Å². The van der Waals surface area contributed by atoms with Crippen molar-refractivity contribution in [3.8, 4) is 0 Å². The van der Waals surface area contributed by atoms with E-state index in [2.05, 4.69) is 15.5 Å². The van der Waals surface area contributed by atoms with Crippen LogP contribution in [0.5, 0.6) is 0 Å². The number of amides is 1. The van der Waals surface area contributed by atoms with E-state index in [0.717, 1.165) is 18.7 Å². The number of hydrazone groups is 1. The highest BCUT2D eigenvalue weighted by Gasteiger charge is 2.13. The molecule has 96 valence electrons. The Labute approximate surface area is 106 Å². The summed E-state index contributed by atoms with van der Waals surface area (Å²) in [5, 5.41) is 3.90. The summed E-state index contributed by atoms with van der Waals surface area (Å²) in [5.41, 5.74) is 3.41. The summed E-state index contributed by atoms with van der Waals surface area (Å²) in [6, 6.07) is 3.63. The van der Waals surface area contributed by atoms with Gasteiger partial charge in [-0.2, -0.15) is 5.10 Å². The average Bonchev–Trinajstić information content (AvgIpc) is 2.41. The van der Waals surface area contributed by atoms with E-state index in [-0.39, 0.29) is 5.91 Å². The number of carbonyl (C=O) groups excluding carboxylic acids is 1. The van der Waals surface area contributed by atoms with Gasteiger partial charge in [-0.05, 0) is 17.7 Å². The first kappa shape index (κ1) is 12.7. The Morgan fingerprint density at radius 3 is 2.89 bits per heavy atom. The lowest BCUT2D eigenvalue weighted by Crippen LogP contribution is -2.42. The Hall–Kier alpha value is -1.79. The fraction of sp³-hybridized carbons (Fsp3) is 0.417. The number of hydrogen-bond acceptors (Lipinski definition) is 5. The molecule has 0 aromatic carbocycles. The zero-order valence-corrected chi connectivity index (χ0v) is 10.1. The van der Waals surface area contributed by atoms with Crippen molar-refractivity contribution in [2.24, 2.45) is 5.10 Å². The van der Waals surface area contributed by atoms with E-state index in [9.17, 15) is 4.79 Å². The number of carbonyl (C=O) groups is 1. The summed E-state index contributed by atoms with van der Waals surface area (Å²) < 4.78 is 5.21. The number of aromatic nitrogens is 1. The van der Waals surface area contributed by atoms with Crippen LogP contribution in [0.15, 0.2) is 29.6 Å². The normalized spacial score (nSPS) is 16.9. The van der Waals surface area contributed by atoms with Crippen molar-refractivity contribution in [3.05, 3.63) is 30.1 Å². The van der Waals surface area contributed by atoms with Crippen molar-refractivity contribution < 1.29 is 9.53 Å². The van der Waals surface area contributed by atoms with Crippen molar-refractivity contribution in [3.63, 3.8) is 0 Å². The van der Waals surface area contributed by atoms with Crippen LogP contribution in [0.3, 0.4) is 0 Å². The molecule has 1 saturated heterocycles. The Balaban J connectivity index is 1.72. The lowest BCUT2D eigenvalue weighted by atomic mass is 10.3. The van der Waals surface area contributed by atoms with Crippen LogP contribution in [0.25, 0.3) is 0 Å². The third-order valence-electron chi connectivity index (χ3n) is 2.58. The predicted molar refractivity (Wildman–Crippen MR) is 67.2 cm³/mol. The molecule has 6 heteroatoms. The molecule has 0 spiro atoms. The first-order valence-electron chi connectivity index (χ1n) is 5.86. The molecule has 0 bridgehead atoms. The van der Waals surface area contributed by atoms with Gasteiger partial charge in [0.25, 0.3) is 5.91 Å². The Bertz CT molecular complexity index is 402. The third-order valence-corrected chi connectivity index (χ3v) is 2.58. The summed E-state index contributed by atoms with van der Waals surface area (Å²) in [5.74, 6) is -0.109. The van der Waals surface area contributed by atoms with Gasteiger partial charge in [0.05, 0.1) is 26.0 Å². The van der Waals surface area contributed by atoms with Crippen LogP contribution in [0.4, 0.5) is 0 Å². The maximum atomic E-state index is 11.6. The lowest BCUT2D eigenvalue weighted by Gasteiger charge is -2.25. The molecule has 6 nitrogen and oxygen atoms in total. The number of morpholine rings is 1. The molecule has 0 atom stereocenters. The van der Waals surface area contributed by atoms with Crippen LogP contribution < -0.4 is 5.43 Å². The second-order valence-electron chi connectivity index (χ2n) is 3.96. The Morgan fingerprint density at radius 1 is 1.44 bits per heavy atom. The van der Waals surface area contributed by atoms with Crippen molar-refractivity contribution >= 4 is 12.1 Å². The molecule has 1 aromatic heterocycles. The fourth-order valence-electron chi connectivity index (χ4n) is 1.63. The fourth-order valence-corrected chi connectivity index (χ4v) is 1.63. The molecule has 1 N–H and O–H groups in total. The van der Waals surface area contributed by atoms with E-state index in [1.807, 2.05) is 17.0 Å². The van der Waals surface area contributed by atoms with E-state index in [4.69, 9.17) is 4.74 Å². The monoisotopic (exact) mass is 248 g/mol. The zero-order chi connectivity index (χ0) is 12.6. The standard InChI is InChI=1S/C12H16N4O2/c17-12(10-16-5-7-18-8-6-16)15-14-9-11-1-3-13-4-2-11/h1-4,9H,5-8,10H2,(H,15,17)/b14-9-. The molecule has 0 unspecified atom stereocenters. The number of nitrogens with one attached hydrogen (secondary N) is 1. The van der Waals surface area contributed by atoms with Gasteiger partial charge in [-0.15, -0.1) is 0 Å². The molecular weight excluding hydrogens is 232 g/mol. The minimum atomic E-state index is -0.109. The second-order valence-corrected chi connectivity index (χ2v) is 3.96. The maximum absolute atomic E-state index is 11.6. The van der Waals surface area contributed by atoms with E-state index in [0.29, 0.717) is 19.8 Å². The number of pyridine rings is 1. The Kier molecular flexibility index (Phi) is 4.80. The zero-order valence-electron chi connectivity index (χ0n) is 10.1. The number of hydrogen-bond donors (Lipinski definition) is 1. The molecule has 1 aliphatic heterocycles. The SMILES string of the molecule is O=C(CN1CCOCC1)N/N=C\c1ccncc1. The van der Waals surface area contributed by atoms with Crippen LogP contribution in [0, 0.1) is 0 Å². The second kappa shape index (κ2) is 6.83. The van der Waals surface area contributed by atoms with Gasteiger partial charge in [0.1, 0.15) is 0 Å². The molecule has 1 aromatic rings. The average molecular weight is 248 g/mol. The number of rotatable bonds is 4. The van der Waals surface area contributed by atoms with Gasteiger partial charge in [0.15, 0.2) is 0 Å². The quantitative estimate of drug-likeness (QED) is 0.595. The van der Waals surface area contributed by atoms with E-state index < -0.39 is 0 Å². The van der Waals surface area contributed by atoms with Crippen molar-refractivity contribution in [1.29, 1.82) is 0 Å². The third kappa shape index (κ3) is 4.23. The molecule has 0 saturated carbocycles.